The van der Waals surface area contributed by atoms with Crippen molar-refractivity contribution in [2.45, 2.75) is 0 Å². The average Bonchev–Trinajstić information content (AvgIpc) is 2.99. The zero-order valence-electron chi connectivity index (χ0n) is 22.7. The van der Waals surface area contributed by atoms with Crippen molar-refractivity contribution in [3.8, 4) is 0 Å². The molecular weight excluding hydrogens is 504 g/mol. The summed E-state index contributed by atoms with van der Waals surface area (Å²) in [5.41, 5.74) is 4.49. The number of aromatic nitrogens is 3. The van der Waals surface area contributed by atoms with E-state index in [2.05, 4.69) is 50.8 Å². The van der Waals surface area contributed by atoms with Crippen molar-refractivity contribution < 1.29 is 4.79 Å². The van der Waals surface area contributed by atoms with Gasteiger partial charge in [-0.15, -0.1) is 0 Å². The van der Waals surface area contributed by atoms with Gasteiger partial charge in [0.15, 0.2) is 0 Å². The number of anilines is 6. The number of amides is 1. The molecule has 0 bridgehead atoms. The number of para-hydroxylation sites is 2. The number of carbonyl (C=O) groups excluding carboxylic acids is 1. The van der Waals surface area contributed by atoms with Crippen LogP contribution in [0.2, 0.25) is 0 Å². The maximum atomic E-state index is 13.6. The molecule has 10 nitrogen and oxygen atoms in total. The largest absolute Gasteiger partial charge is 0.369 e. The van der Waals surface area contributed by atoms with Gasteiger partial charge in [-0.3, -0.25) is 14.2 Å². The lowest BCUT2D eigenvalue weighted by atomic mass is 10.1. The summed E-state index contributed by atoms with van der Waals surface area (Å²) in [4.78, 5) is 43.6. The molecule has 2 aliphatic rings. The second-order valence-electron chi connectivity index (χ2n) is 10.2. The Morgan fingerprint density at radius 1 is 0.925 bits per heavy atom. The van der Waals surface area contributed by atoms with Crippen molar-refractivity contribution in [1.29, 1.82) is 0 Å². The molecule has 1 fully saturated rings. The lowest BCUT2D eigenvalue weighted by Gasteiger charge is -2.37. The lowest BCUT2D eigenvalue weighted by Crippen LogP contribution is -2.44. The smallest absolute Gasteiger partial charge is 0.275 e. The normalized spacial score (nSPS) is 15.7. The second kappa shape index (κ2) is 10.5. The van der Waals surface area contributed by atoms with E-state index < -0.39 is 0 Å². The first kappa shape index (κ1) is 25.6. The molecule has 0 spiro atoms. The Bertz CT molecular complexity index is 1640. The molecule has 0 atom stereocenters. The average molecular weight is 537 g/mol. The maximum Gasteiger partial charge on any atom is 0.275 e. The fourth-order valence-electron chi connectivity index (χ4n) is 5.38. The first-order chi connectivity index (χ1) is 19.4. The van der Waals surface area contributed by atoms with Crippen LogP contribution in [-0.2, 0) is 11.8 Å². The third-order valence-corrected chi connectivity index (χ3v) is 7.66. The molecule has 1 N–H and O–H groups in total. The van der Waals surface area contributed by atoms with Gasteiger partial charge in [-0.05, 0) is 55.6 Å². The minimum Gasteiger partial charge on any atom is -0.369 e. The highest BCUT2D eigenvalue weighted by Gasteiger charge is 2.28. The van der Waals surface area contributed by atoms with Gasteiger partial charge in [-0.2, -0.15) is 4.98 Å². The molecule has 0 saturated carbocycles. The molecule has 2 aliphatic heterocycles. The van der Waals surface area contributed by atoms with E-state index in [0.29, 0.717) is 30.4 Å². The highest BCUT2D eigenvalue weighted by Crippen LogP contribution is 2.37. The minimum absolute atomic E-state index is 0.166. The van der Waals surface area contributed by atoms with E-state index in [1.165, 1.54) is 11.8 Å². The van der Waals surface area contributed by atoms with E-state index in [0.717, 1.165) is 48.6 Å². The molecular formula is C30H32N8O2. The third-order valence-electron chi connectivity index (χ3n) is 7.66. The van der Waals surface area contributed by atoms with Crippen LogP contribution in [0, 0.1) is 0 Å². The fraction of sp³-hybridized carbons (Fsp3) is 0.267. The van der Waals surface area contributed by atoms with Crippen LogP contribution in [-0.4, -0.2) is 71.7 Å². The fourth-order valence-corrected chi connectivity index (χ4v) is 5.38. The van der Waals surface area contributed by atoms with Crippen LogP contribution in [0.1, 0.15) is 0 Å². The van der Waals surface area contributed by atoms with Crippen LogP contribution in [0.5, 0.6) is 0 Å². The van der Waals surface area contributed by atoms with Gasteiger partial charge < -0.3 is 24.9 Å². The van der Waals surface area contributed by atoms with E-state index >= 15 is 0 Å². The zero-order chi connectivity index (χ0) is 27.8. The molecule has 6 rings (SSSR count). The van der Waals surface area contributed by atoms with Crippen LogP contribution < -0.4 is 25.6 Å². The third kappa shape index (κ3) is 4.66. The highest BCUT2D eigenvalue weighted by atomic mass is 16.2. The molecule has 0 radical (unpaired) electrons. The number of hydrogen-bond donors (Lipinski definition) is 1. The van der Waals surface area contributed by atoms with Crippen molar-refractivity contribution in [3.05, 3.63) is 83.8 Å². The molecule has 1 amide bonds. The first-order valence-electron chi connectivity index (χ1n) is 13.4. The van der Waals surface area contributed by atoms with E-state index in [1.807, 2.05) is 47.4 Å². The van der Waals surface area contributed by atoms with Crippen LogP contribution >= 0.6 is 0 Å². The van der Waals surface area contributed by atoms with Crippen LogP contribution in [0.3, 0.4) is 0 Å². The second-order valence-corrected chi connectivity index (χ2v) is 10.2. The molecule has 204 valence electrons. The number of rotatable bonds is 5. The van der Waals surface area contributed by atoms with Gasteiger partial charge in [-0.25, -0.2) is 4.98 Å². The molecule has 4 heterocycles. The number of piperazine rings is 1. The Balaban J connectivity index is 1.27. The van der Waals surface area contributed by atoms with Crippen molar-refractivity contribution >= 4 is 51.3 Å². The van der Waals surface area contributed by atoms with Crippen LogP contribution in [0.25, 0.3) is 11.0 Å². The number of pyridine rings is 1. The van der Waals surface area contributed by atoms with E-state index in [-0.39, 0.29) is 11.5 Å². The van der Waals surface area contributed by atoms with Crippen molar-refractivity contribution in [2.24, 2.45) is 7.05 Å². The Morgan fingerprint density at radius 3 is 2.38 bits per heavy atom. The SMILES string of the molecule is C=CC(=O)N1CCN(c2cc3cnc(Nc4ccc(N5CCN(C)CC5)cc4)nc3n(C)c2=O)c2ccccc21. The van der Waals surface area contributed by atoms with E-state index in [9.17, 15) is 9.59 Å². The van der Waals surface area contributed by atoms with Gasteiger partial charge in [0, 0.05) is 69.3 Å². The van der Waals surface area contributed by atoms with Gasteiger partial charge in [0.2, 0.25) is 5.95 Å². The predicted molar refractivity (Wildman–Crippen MR) is 160 cm³/mol. The number of benzene rings is 2. The van der Waals surface area contributed by atoms with Gasteiger partial charge in [0.1, 0.15) is 11.3 Å². The quantitative estimate of drug-likeness (QED) is 0.388. The summed E-state index contributed by atoms with van der Waals surface area (Å²) in [6.07, 6.45) is 3.04. The molecule has 10 heteroatoms. The molecule has 1 saturated heterocycles. The Kier molecular flexibility index (Phi) is 6.69. The van der Waals surface area contributed by atoms with E-state index in [4.69, 9.17) is 0 Å². The topological polar surface area (TPSA) is 89.8 Å². The Labute approximate surface area is 232 Å². The number of fused-ring (bicyclic) bond motifs is 2. The summed E-state index contributed by atoms with van der Waals surface area (Å²) in [7, 11) is 3.87. The summed E-state index contributed by atoms with van der Waals surface area (Å²) in [5.74, 6) is 0.255. The molecule has 0 aliphatic carbocycles. The number of aryl methyl sites for hydroxylation is 1. The standard InChI is InChI=1S/C30H32N8O2/c1-4-27(39)38-18-17-37(24-7-5-6-8-25(24)38)26-19-21-20-31-30(33-28(21)35(3)29(26)40)32-22-9-11-23(12-10-22)36-15-13-34(2)14-16-36/h4-12,19-20H,1,13-18H2,2-3H3,(H,31,32,33). The minimum atomic E-state index is -0.174. The van der Waals surface area contributed by atoms with Gasteiger partial charge in [-0.1, -0.05) is 18.7 Å². The van der Waals surface area contributed by atoms with Crippen molar-refractivity contribution in [1.82, 2.24) is 19.4 Å². The number of nitrogens with zero attached hydrogens (tertiary/aromatic N) is 7. The molecule has 0 unspecified atom stereocenters. The van der Waals surface area contributed by atoms with Crippen molar-refractivity contribution in [2.75, 3.05) is 66.3 Å². The first-order valence-corrected chi connectivity index (χ1v) is 13.4. The predicted octanol–water partition coefficient (Wildman–Crippen LogP) is 3.49. The summed E-state index contributed by atoms with van der Waals surface area (Å²) in [6.45, 7) is 8.69. The summed E-state index contributed by atoms with van der Waals surface area (Å²) in [6, 6.07) is 17.7. The maximum absolute atomic E-state index is 13.6. The van der Waals surface area contributed by atoms with E-state index in [1.54, 1.807) is 22.7 Å². The molecule has 2 aromatic heterocycles. The van der Waals surface area contributed by atoms with Crippen LogP contribution in [0.4, 0.5) is 34.4 Å². The van der Waals surface area contributed by atoms with Gasteiger partial charge in [0.25, 0.3) is 11.5 Å². The van der Waals surface area contributed by atoms with Gasteiger partial charge in [0.05, 0.1) is 11.4 Å². The van der Waals surface area contributed by atoms with Crippen molar-refractivity contribution in [3.63, 3.8) is 0 Å². The molecule has 4 aromatic rings. The monoisotopic (exact) mass is 536 g/mol. The van der Waals surface area contributed by atoms with Crippen LogP contribution in [0.15, 0.2) is 78.2 Å². The molecule has 40 heavy (non-hydrogen) atoms. The lowest BCUT2D eigenvalue weighted by molar-refractivity contribution is -0.114. The highest BCUT2D eigenvalue weighted by molar-refractivity contribution is 6.04. The Hall–Kier alpha value is -4.70. The molecule has 2 aromatic carbocycles. The number of likely N-dealkylation sites (N-methyl/N-ethyl adjacent to an activating group) is 1. The zero-order valence-corrected chi connectivity index (χ0v) is 22.7. The summed E-state index contributed by atoms with van der Waals surface area (Å²) < 4.78 is 1.55. The summed E-state index contributed by atoms with van der Waals surface area (Å²) in [5, 5.41) is 4.02. The Morgan fingerprint density at radius 2 is 1.65 bits per heavy atom. The number of carbonyl (C=O) groups is 1. The number of hydrogen-bond acceptors (Lipinski definition) is 8. The van der Waals surface area contributed by atoms with Gasteiger partial charge >= 0.3 is 0 Å². The summed E-state index contributed by atoms with van der Waals surface area (Å²) >= 11 is 0. The number of nitrogens with one attached hydrogen (secondary N) is 1.